The number of anilines is 1. The Morgan fingerprint density at radius 1 is 1.13 bits per heavy atom. The van der Waals surface area contributed by atoms with Crippen molar-refractivity contribution >= 4 is 43.2 Å². The van der Waals surface area contributed by atoms with Gasteiger partial charge < -0.3 is 19.3 Å². The van der Waals surface area contributed by atoms with Crippen LogP contribution in [-0.2, 0) is 31.7 Å². The number of carbonyl (C=O) groups is 1. The maximum atomic E-state index is 12.1. The molecule has 5 heterocycles. The van der Waals surface area contributed by atoms with E-state index in [0.717, 1.165) is 64.6 Å². The van der Waals surface area contributed by atoms with E-state index in [9.17, 15) is 13.2 Å². The minimum absolute atomic E-state index is 0.114. The number of methoxy groups -OCH3 is 1. The van der Waals surface area contributed by atoms with Crippen molar-refractivity contribution in [3.8, 4) is 17.1 Å². The second-order valence-corrected chi connectivity index (χ2v) is 13.4. The third-order valence-corrected chi connectivity index (χ3v) is 9.10. The lowest BCUT2D eigenvalue weighted by Crippen LogP contribution is -2.47. The number of amides is 1. The van der Waals surface area contributed by atoms with Crippen LogP contribution in [0.2, 0.25) is 0 Å². The van der Waals surface area contributed by atoms with Crippen molar-refractivity contribution in [2.24, 2.45) is 0 Å². The van der Waals surface area contributed by atoms with Crippen molar-refractivity contribution in [2.45, 2.75) is 26.1 Å². The number of pyridine rings is 1. The molecule has 0 saturated carbocycles. The van der Waals surface area contributed by atoms with Crippen LogP contribution in [0.4, 0.5) is 5.95 Å². The van der Waals surface area contributed by atoms with Gasteiger partial charge in [-0.15, -0.1) is 11.3 Å². The number of rotatable bonds is 7. The molecule has 0 spiro atoms. The molecular weight excluding hydrogens is 540 g/mol. The molecule has 5 rings (SSSR count). The van der Waals surface area contributed by atoms with E-state index in [-0.39, 0.29) is 17.5 Å². The number of thiophene rings is 1. The Morgan fingerprint density at radius 3 is 2.49 bits per heavy atom. The predicted molar refractivity (Wildman–Crippen MR) is 151 cm³/mol. The molecule has 0 atom stereocenters. The summed E-state index contributed by atoms with van der Waals surface area (Å²) < 4.78 is 36.1. The van der Waals surface area contributed by atoms with E-state index < -0.39 is 9.84 Å². The normalized spacial score (nSPS) is 17.1. The summed E-state index contributed by atoms with van der Waals surface area (Å²) in [6.07, 6.45) is 2.88. The molecule has 0 N–H and O–H groups in total. The minimum Gasteiger partial charge on any atom is -0.481 e. The summed E-state index contributed by atoms with van der Waals surface area (Å²) in [4.78, 5) is 33.8. The minimum atomic E-state index is -3.31. The Morgan fingerprint density at radius 2 is 1.85 bits per heavy atom. The van der Waals surface area contributed by atoms with E-state index in [0.29, 0.717) is 37.8 Å². The topological polar surface area (TPSA) is 118 Å². The van der Waals surface area contributed by atoms with Gasteiger partial charge in [-0.2, -0.15) is 0 Å². The van der Waals surface area contributed by atoms with Crippen LogP contribution in [0.3, 0.4) is 0 Å². The van der Waals surface area contributed by atoms with Gasteiger partial charge in [0.05, 0.1) is 42.0 Å². The van der Waals surface area contributed by atoms with Gasteiger partial charge >= 0.3 is 0 Å². The molecule has 2 fully saturated rings. The zero-order valence-corrected chi connectivity index (χ0v) is 24.4. The Bertz CT molecular complexity index is 1480. The monoisotopic (exact) mass is 574 g/mol. The van der Waals surface area contributed by atoms with Gasteiger partial charge in [-0.05, 0) is 13.0 Å². The van der Waals surface area contributed by atoms with Crippen LogP contribution in [0.1, 0.15) is 22.9 Å². The number of ether oxygens (including phenoxy) is 2. The number of piperazine rings is 1. The number of aryl methyl sites for hydroxylation is 1. The molecule has 2 saturated heterocycles. The molecule has 0 aromatic carbocycles. The summed E-state index contributed by atoms with van der Waals surface area (Å²) >= 11 is 1.64. The molecule has 13 heteroatoms. The summed E-state index contributed by atoms with van der Waals surface area (Å²) in [5.74, 6) is 0.850. The number of morpholine rings is 1. The van der Waals surface area contributed by atoms with Gasteiger partial charge in [0, 0.05) is 86.8 Å². The molecule has 0 radical (unpaired) electrons. The largest absolute Gasteiger partial charge is 0.481 e. The average molecular weight is 575 g/mol. The fourth-order valence-corrected chi connectivity index (χ4v) is 6.94. The standard InChI is InChI=1S/C26H34N6O5S2/c1-17-21(15-30-5-7-31(8-6-30)18(2)33)23-24(38-17)22(28-26(29-23)32-9-11-37-12-10-32)19-13-20(16-39(4,34)35)25(36-3)27-14-19/h13-14H,5-12,15-16H2,1-4H3. The van der Waals surface area contributed by atoms with Gasteiger partial charge in [0.2, 0.25) is 17.7 Å². The first-order chi connectivity index (χ1) is 18.6. The highest BCUT2D eigenvalue weighted by Gasteiger charge is 2.25. The molecule has 0 unspecified atom stereocenters. The Hall–Kier alpha value is -2.87. The number of hydrogen-bond acceptors (Lipinski definition) is 11. The number of hydrogen-bond donors (Lipinski definition) is 0. The summed E-state index contributed by atoms with van der Waals surface area (Å²) in [6.45, 7) is 10.1. The van der Waals surface area contributed by atoms with Gasteiger partial charge in [-0.1, -0.05) is 0 Å². The molecule has 0 bridgehead atoms. The molecule has 39 heavy (non-hydrogen) atoms. The zero-order chi connectivity index (χ0) is 27.7. The quantitative estimate of drug-likeness (QED) is 0.415. The van der Waals surface area contributed by atoms with Gasteiger partial charge in [0.1, 0.15) is 0 Å². The first-order valence-electron chi connectivity index (χ1n) is 12.9. The van der Waals surface area contributed by atoms with Crippen LogP contribution in [0.5, 0.6) is 5.88 Å². The van der Waals surface area contributed by atoms with Crippen molar-refractivity contribution in [1.82, 2.24) is 24.8 Å². The molecule has 2 aliphatic rings. The number of nitrogens with zero attached hydrogens (tertiary/aromatic N) is 6. The van der Waals surface area contributed by atoms with Crippen LogP contribution >= 0.6 is 11.3 Å². The number of carbonyl (C=O) groups excluding carboxylic acids is 1. The van der Waals surface area contributed by atoms with Gasteiger partial charge in [-0.25, -0.2) is 23.4 Å². The van der Waals surface area contributed by atoms with Crippen LogP contribution in [0.25, 0.3) is 21.5 Å². The lowest BCUT2D eigenvalue weighted by atomic mass is 10.1. The first kappa shape index (κ1) is 27.7. The van der Waals surface area contributed by atoms with Crippen molar-refractivity contribution in [3.05, 3.63) is 28.3 Å². The second kappa shape index (κ2) is 11.3. The van der Waals surface area contributed by atoms with E-state index in [1.807, 2.05) is 11.0 Å². The smallest absolute Gasteiger partial charge is 0.226 e. The van der Waals surface area contributed by atoms with Crippen molar-refractivity contribution in [1.29, 1.82) is 0 Å². The molecule has 3 aromatic heterocycles. The molecule has 0 aliphatic carbocycles. The van der Waals surface area contributed by atoms with Gasteiger partial charge in [-0.3, -0.25) is 9.69 Å². The molecule has 210 valence electrons. The maximum Gasteiger partial charge on any atom is 0.226 e. The molecule has 2 aliphatic heterocycles. The second-order valence-electron chi connectivity index (χ2n) is 10.0. The highest BCUT2D eigenvalue weighted by Crippen LogP contribution is 2.39. The van der Waals surface area contributed by atoms with Crippen LogP contribution in [-0.4, -0.2) is 105 Å². The molecule has 1 amide bonds. The summed E-state index contributed by atoms with van der Waals surface area (Å²) in [7, 11) is -1.82. The average Bonchev–Trinajstić information content (AvgIpc) is 3.22. The van der Waals surface area contributed by atoms with E-state index in [1.54, 1.807) is 24.5 Å². The molecule has 3 aromatic rings. The van der Waals surface area contributed by atoms with Gasteiger partial charge in [0.15, 0.2) is 9.84 Å². The van der Waals surface area contributed by atoms with E-state index in [2.05, 4.69) is 21.7 Å². The fraction of sp³-hybridized carbons (Fsp3) is 0.538. The highest BCUT2D eigenvalue weighted by molar-refractivity contribution is 7.89. The van der Waals surface area contributed by atoms with Crippen LogP contribution in [0.15, 0.2) is 12.3 Å². The summed E-state index contributed by atoms with van der Waals surface area (Å²) in [5.41, 5.74) is 4.00. The number of aromatic nitrogens is 3. The highest BCUT2D eigenvalue weighted by atomic mass is 32.2. The zero-order valence-electron chi connectivity index (χ0n) is 22.8. The van der Waals surface area contributed by atoms with Crippen molar-refractivity contribution in [3.63, 3.8) is 0 Å². The van der Waals surface area contributed by atoms with Crippen molar-refractivity contribution < 1.29 is 22.7 Å². The number of fused-ring (bicyclic) bond motifs is 1. The Labute approximate surface area is 232 Å². The predicted octanol–water partition coefficient (Wildman–Crippen LogP) is 2.12. The van der Waals surface area contributed by atoms with Crippen molar-refractivity contribution in [2.75, 3.05) is 70.7 Å². The summed E-state index contributed by atoms with van der Waals surface area (Å²) in [5, 5.41) is 0. The van der Waals surface area contributed by atoms with Crippen LogP contribution in [0, 0.1) is 6.92 Å². The molecule has 11 nitrogen and oxygen atoms in total. The number of sulfone groups is 1. The molecular formula is C26H34N6O5S2. The first-order valence-corrected chi connectivity index (χ1v) is 15.8. The van der Waals surface area contributed by atoms with Crippen LogP contribution < -0.4 is 9.64 Å². The SMILES string of the molecule is COc1ncc(-c2nc(N3CCOCC3)nc3c(CN4CCN(C(C)=O)CC4)c(C)sc23)cc1CS(C)(=O)=O. The lowest BCUT2D eigenvalue weighted by Gasteiger charge is -2.34. The van der Waals surface area contributed by atoms with E-state index >= 15 is 0 Å². The fourth-order valence-electron chi connectivity index (χ4n) is 5.05. The Kier molecular flexibility index (Phi) is 8.04. The van der Waals surface area contributed by atoms with E-state index in [1.165, 1.54) is 13.4 Å². The third kappa shape index (κ3) is 6.16. The third-order valence-electron chi connectivity index (χ3n) is 7.12. The van der Waals surface area contributed by atoms with E-state index in [4.69, 9.17) is 19.4 Å². The summed E-state index contributed by atoms with van der Waals surface area (Å²) in [6, 6.07) is 1.81. The van der Waals surface area contributed by atoms with Gasteiger partial charge in [0.25, 0.3) is 0 Å². The lowest BCUT2D eigenvalue weighted by molar-refractivity contribution is -0.130. The Balaban J connectivity index is 1.59. The maximum absolute atomic E-state index is 12.1.